The van der Waals surface area contributed by atoms with Crippen molar-refractivity contribution in [1.82, 2.24) is 5.32 Å². The maximum atomic E-state index is 5.56. The number of hydrogen-bond donors (Lipinski definition) is 1. The monoisotopic (exact) mass is 271 g/mol. The zero-order chi connectivity index (χ0) is 12.5. The van der Waals surface area contributed by atoms with Gasteiger partial charge in [0, 0.05) is 13.1 Å². The van der Waals surface area contributed by atoms with E-state index >= 15 is 0 Å². The van der Waals surface area contributed by atoms with E-state index in [1.807, 2.05) is 44.2 Å². The summed E-state index contributed by atoms with van der Waals surface area (Å²) >= 11 is 0. The molecule has 0 saturated carbocycles. The third-order valence-electron chi connectivity index (χ3n) is 2.03. The first kappa shape index (κ1) is 16.8. The Morgan fingerprint density at radius 3 is 2.39 bits per heavy atom. The molecule has 0 spiro atoms. The molecule has 0 heterocycles. The van der Waals surface area contributed by atoms with Crippen molar-refractivity contribution in [1.29, 1.82) is 0 Å². The van der Waals surface area contributed by atoms with E-state index in [-0.39, 0.29) is 18.5 Å². The highest BCUT2D eigenvalue weighted by atomic mass is 35.5. The Balaban J connectivity index is 0.00000289. The number of benzene rings is 1. The minimum absolute atomic E-state index is 0. The summed E-state index contributed by atoms with van der Waals surface area (Å²) in [6, 6.07) is 7.69. The maximum absolute atomic E-state index is 5.56. The second-order valence-corrected chi connectivity index (χ2v) is 3.98. The fraction of sp³-hybridized carbons (Fsp3) is 0.429. The summed E-state index contributed by atoms with van der Waals surface area (Å²) in [5, 5.41) is 3.18. The third kappa shape index (κ3) is 7.20. The normalized spacial score (nSPS) is 9.72. The smallest absolute Gasteiger partial charge is 0.119 e. The molecule has 1 N–H and O–H groups in total. The van der Waals surface area contributed by atoms with Crippen LogP contribution in [-0.2, 0) is 0 Å². The average molecular weight is 272 g/mol. The van der Waals surface area contributed by atoms with E-state index in [0.717, 1.165) is 24.6 Å². The van der Waals surface area contributed by atoms with E-state index in [0.29, 0.717) is 6.61 Å². The van der Waals surface area contributed by atoms with Crippen molar-refractivity contribution in [3.05, 3.63) is 36.9 Å². The molecular weight excluding hydrogens is 250 g/mol. The van der Waals surface area contributed by atoms with Crippen molar-refractivity contribution in [2.45, 2.75) is 20.0 Å². The van der Waals surface area contributed by atoms with Crippen LogP contribution in [0.2, 0.25) is 0 Å². The van der Waals surface area contributed by atoms with Crippen molar-refractivity contribution in [2.24, 2.45) is 0 Å². The van der Waals surface area contributed by atoms with E-state index in [4.69, 9.17) is 9.47 Å². The van der Waals surface area contributed by atoms with E-state index in [1.54, 1.807) is 0 Å². The summed E-state index contributed by atoms with van der Waals surface area (Å²) in [5.41, 5.74) is 0. The first-order valence-corrected chi connectivity index (χ1v) is 5.93. The molecule has 0 amide bonds. The molecule has 0 bridgehead atoms. The summed E-state index contributed by atoms with van der Waals surface area (Å²) in [7, 11) is 0. The number of rotatable bonds is 8. The fourth-order valence-electron chi connectivity index (χ4n) is 1.33. The molecule has 1 rings (SSSR count). The molecule has 3 nitrogen and oxygen atoms in total. The first-order chi connectivity index (χ1) is 8.22. The van der Waals surface area contributed by atoms with Crippen LogP contribution in [-0.4, -0.2) is 25.8 Å². The maximum Gasteiger partial charge on any atom is 0.119 e. The number of halogens is 1. The van der Waals surface area contributed by atoms with Gasteiger partial charge in [0.15, 0.2) is 0 Å². The van der Waals surface area contributed by atoms with Gasteiger partial charge in [-0.1, -0.05) is 6.08 Å². The van der Waals surface area contributed by atoms with Gasteiger partial charge in [0.25, 0.3) is 0 Å². The molecule has 0 atom stereocenters. The number of ether oxygens (including phenoxy) is 2. The van der Waals surface area contributed by atoms with Crippen molar-refractivity contribution >= 4 is 12.4 Å². The highest BCUT2D eigenvalue weighted by Gasteiger charge is 1.98. The first-order valence-electron chi connectivity index (χ1n) is 5.93. The van der Waals surface area contributed by atoms with Crippen LogP contribution in [0.25, 0.3) is 0 Å². The molecule has 0 aromatic heterocycles. The number of hydrogen-bond acceptors (Lipinski definition) is 3. The summed E-state index contributed by atoms with van der Waals surface area (Å²) in [5.74, 6) is 1.73. The lowest BCUT2D eigenvalue weighted by Gasteiger charge is -2.10. The van der Waals surface area contributed by atoms with Crippen LogP contribution in [0, 0.1) is 0 Å². The predicted molar refractivity (Wildman–Crippen MR) is 78.0 cm³/mol. The Morgan fingerprint density at radius 2 is 1.83 bits per heavy atom. The molecule has 0 aliphatic rings. The Hall–Kier alpha value is -1.19. The topological polar surface area (TPSA) is 30.5 Å². The molecule has 0 aliphatic heterocycles. The highest BCUT2D eigenvalue weighted by Crippen LogP contribution is 2.18. The van der Waals surface area contributed by atoms with E-state index in [2.05, 4.69) is 11.9 Å². The lowest BCUT2D eigenvalue weighted by molar-refractivity contribution is 0.241. The summed E-state index contributed by atoms with van der Waals surface area (Å²) in [4.78, 5) is 0. The third-order valence-corrected chi connectivity index (χ3v) is 2.03. The predicted octanol–water partition coefficient (Wildman–Crippen LogP) is 3.05. The second kappa shape index (κ2) is 9.80. The fourth-order valence-corrected chi connectivity index (χ4v) is 1.33. The molecule has 1 aromatic rings. The van der Waals surface area contributed by atoms with E-state index < -0.39 is 0 Å². The van der Waals surface area contributed by atoms with E-state index in [1.165, 1.54) is 0 Å². The zero-order valence-electron chi connectivity index (χ0n) is 11.0. The number of nitrogens with one attached hydrogen (secondary N) is 1. The average Bonchev–Trinajstić information content (AvgIpc) is 2.30. The largest absolute Gasteiger partial charge is 0.492 e. The molecule has 18 heavy (non-hydrogen) atoms. The summed E-state index contributed by atoms with van der Waals surface area (Å²) < 4.78 is 11.1. The van der Waals surface area contributed by atoms with Crippen LogP contribution >= 0.6 is 12.4 Å². The van der Waals surface area contributed by atoms with Gasteiger partial charge in [-0.3, -0.25) is 0 Å². The van der Waals surface area contributed by atoms with Crippen LogP contribution < -0.4 is 14.8 Å². The molecule has 1 aromatic carbocycles. The second-order valence-electron chi connectivity index (χ2n) is 3.98. The van der Waals surface area contributed by atoms with Gasteiger partial charge in [-0.05, 0) is 38.1 Å². The van der Waals surface area contributed by atoms with Gasteiger partial charge >= 0.3 is 0 Å². The Kier molecular flexibility index (Phi) is 9.15. The lowest BCUT2D eigenvalue weighted by Crippen LogP contribution is -2.20. The van der Waals surface area contributed by atoms with Crippen molar-refractivity contribution in [3.63, 3.8) is 0 Å². The molecule has 0 fully saturated rings. The van der Waals surface area contributed by atoms with Crippen LogP contribution in [0.1, 0.15) is 13.8 Å². The Morgan fingerprint density at radius 1 is 1.22 bits per heavy atom. The Labute approximate surface area is 116 Å². The lowest BCUT2D eigenvalue weighted by atomic mass is 10.3. The minimum atomic E-state index is 0. The zero-order valence-corrected chi connectivity index (χ0v) is 11.8. The molecule has 0 radical (unpaired) electrons. The van der Waals surface area contributed by atoms with Crippen molar-refractivity contribution < 1.29 is 9.47 Å². The van der Waals surface area contributed by atoms with Gasteiger partial charge in [-0.25, -0.2) is 0 Å². The van der Waals surface area contributed by atoms with Gasteiger partial charge in [-0.2, -0.15) is 0 Å². The van der Waals surface area contributed by atoms with E-state index in [9.17, 15) is 0 Å². The summed E-state index contributed by atoms with van der Waals surface area (Å²) in [6.07, 6.45) is 2.03. The van der Waals surface area contributed by atoms with Gasteiger partial charge in [0.1, 0.15) is 18.1 Å². The molecule has 0 saturated heterocycles. The molecule has 0 aliphatic carbocycles. The standard InChI is InChI=1S/C14H21NO2.ClH/c1-4-9-15-10-11-16-13-5-7-14(8-6-13)17-12(2)3;/h4-8,12,15H,1,9-11H2,2-3H3;1H. The van der Waals surface area contributed by atoms with Crippen LogP contribution in [0.15, 0.2) is 36.9 Å². The highest BCUT2D eigenvalue weighted by molar-refractivity contribution is 5.85. The van der Waals surface area contributed by atoms with Gasteiger partial charge in [0.05, 0.1) is 6.10 Å². The SMILES string of the molecule is C=CCNCCOc1ccc(OC(C)C)cc1.Cl. The quantitative estimate of drug-likeness (QED) is 0.582. The minimum Gasteiger partial charge on any atom is -0.492 e. The van der Waals surface area contributed by atoms with Crippen molar-refractivity contribution in [2.75, 3.05) is 19.7 Å². The van der Waals surface area contributed by atoms with Gasteiger partial charge in [0.2, 0.25) is 0 Å². The molecular formula is C14H22ClNO2. The van der Waals surface area contributed by atoms with Crippen LogP contribution in [0.3, 0.4) is 0 Å². The van der Waals surface area contributed by atoms with Crippen molar-refractivity contribution in [3.8, 4) is 11.5 Å². The molecule has 4 heteroatoms. The van der Waals surface area contributed by atoms with Gasteiger partial charge < -0.3 is 14.8 Å². The van der Waals surface area contributed by atoms with Crippen LogP contribution in [0.5, 0.6) is 11.5 Å². The van der Waals surface area contributed by atoms with Gasteiger partial charge in [-0.15, -0.1) is 19.0 Å². The molecule has 0 unspecified atom stereocenters. The van der Waals surface area contributed by atoms with Crippen LogP contribution in [0.4, 0.5) is 0 Å². The Bertz CT molecular complexity index is 325. The summed E-state index contributed by atoms with van der Waals surface area (Å²) in [6.45, 7) is 9.93. The molecule has 102 valence electrons.